The van der Waals surface area contributed by atoms with Gasteiger partial charge in [-0.3, -0.25) is 19.6 Å². The van der Waals surface area contributed by atoms with Gasteiger partial charge in [0.25, 0.3) is 11.8 Å². The van der Waals surface area contributed by atoms with E-state index in [4.69, 9.17) is 10.5 Å². The number of anilines is 2. The van der Waals surface area contributed by atoms with E-state index in [0.29, 0.717) is 68.1 Å². The highest BCUT2D eigenvalue weighted by atomic mass is 19.4. The predicted molar refractivity (Wildman–Crippen MR) is 199 cm³/mol. The lowest BCUT2D eigenvalue weighted by Crippen LogP contribution is -2.17. The number of carbonyl (C=O) groups is 2. The normalized spacial score (nSPS) is 16.6. The van der Waals surface area contributed by atoms with E-state index in [1.165, 1.54) is 12.4 Å². The number of allylic oxidation sites excluding steroid dienone is 2. The maximum atomic E-state index is 12.9. The van der Waals surface area contributed by atoms with Gasteiger partial charge in [-0.15, -0.1) is 0 Å². The van der Waals surface area contributed by atoms with Gasteiger partial charge in [-0.25, -0.2) is 9.97 Å². The van der Waals surface area contributed by atoms with Gasteiger partial charge in [-0.1, -0.05) is 12.1 Å². The molecular formula is C41H32F6N8O2. The van der Waals surface area contributed by atoms with Crippen molar-refractivity contribution in [1.29, 1.82) is 10.5 Å². The molecule has 2 atom stereocenters. The summed E-state index contributed by atoms with van der Waals surface area (Å²) in [6.07, 6.45) is -4.81. The Kier molecular flexibility index (Phi) is 10.8. The first kappa shape index (κ1) is 40.0. The number of nitriles is 2. The highest BCUT2D eigenvalue weighted by Gasteiger charge is 2.58. The van der Waals surface area contributed by atoms with E-state index in [0.717, 1.165) is 17.2 Å². The molecule has 4 aromatic rings. The van der Waals surface area contributed by atoms with E-state index >= 15 is 0 Å². The third-order valence-electron chi connectivity index (χ3n) is 10.1. The van der Waals surface area contributed by atoms with Crippen molar-refractivity contribution in [3.05, 3.63) is 128 Å². The summed E-state index contributed by atoms with van der Waals surface area (Å²) in [5.41, 5.74) is 8.15. The number of nitrogens with zero attached hydrogens (tertiary/aromatic N) is 6. The number of hydrogen-bond acceptors (Lipinski definition) is 8. The van der Waals surface area contributed by atoms with Crippen molar-refractivity contribution in [2.75, 3.05) is 10.6 Å². The molecule has 4 heterocycles. The van der Waals surface area contributed by atoms with Crippen LogP contribution in [0.15, 0.2) is 70.9 Å². The molecule has 290 valence electrons. The molecule has 0 bridgehead atoms. The molecule has 1 saturated carbocycles. The van der Waals surface area contributed by atoms with E-state index in [1.807, 2.05) is 12.1 Å². The Bertz CT molecular complexity index is 2510. The Balaban J connectivity index is 0.000000193. The lowest BCUT2D eigenvalue weighted by atomic mass is 10.0. The molecule has 2 aromatic heterocycles. The first-order chi connectivity index (χ1) is 26.9. The molecule has 0 saturated heterocycles. The smallest absolute Gasteiger partial charge is 0.321 e. The molecule has 1 aliphatic carbocycles. The van der Waals surface area contributed by atoms with Crippen LogP contribution in [0.1, 0.15) is 83.0 Å². The van der Waals surface area contributed by atoms with Crippen molar-refractivity contribution in [3.8, 4) is 12.1 Å². The number of carbonyl (C=O) groups excluding carboxylic acids is 2. The fourth-order valence-electron chi connectivity index (χ4n) is 6.53. The zero-order valence-electron chi connectivity index (χ0n) is 30.8. The molecule has 0 radical (unpaired) electrons. The minimum Gasteiger partial charge on any atom is -0.321 e. The lowest BCUT2D eigenvalue weighted by Gasteiger charge is -2.11. The zero-order chi connectivity index (χ0) is 41.4. The molecule has 2 aliphatic heterocycles. The predicted octanol–water partition coefficient (Wildman–Crippen LogP) is 8.57. The highest BCUT2D eigenvalue weighted by molar-refractivity contribution is 6.13. The van der Waals surface area contributed by atoms with E-state index in [9.17, 15) is 35.9 Å². The van der Waals surface area contributed by atoms with Gasteiger partial charge in [0.2, 0.25) is 0 Å². The molecule has 16 heteroatoms. The standard InChI is InChI=1S/C21H17F3N4O.C20H15F3N4O/c1-10-11(2)18(26-9-13(10)7-25)20(29)28-14-4-3-12-8-27-19(15(12)5-14)16-6-17(16)21(22,23)24;1-11-12(2)18(26-10-14(11)8-24)19(28)27-15-4-3-13-9-25-17(16(13)7-15)5-6-20(21,22)23/h3-5,9,16-17H,6,8H2,1-2H3,(H,28,29);3-7,10H,9H2,1-2H3,(H,27,28)/b;6-5+. The van der Waals surface area contributed by atoms with E-state index < -0.39 is 36.0 Å². The average molecular weight is 783 g/mol. The molecule has 2 amide bonds. The maximum absolute atomic E-state index is 12.9. The van der Waals surface area contributed by atoms with E-state index in [2.05, 4.69) is 30.6 Å². The van der Waals surface area contributed by atoms with Gasteiger partial charge < -0.3 is 10.6 Å². The van der Waals surface area contributed by atoms with Gasteiger partial charge in [0.1, 0.15) is 23.5 Å². The topological polar surface area (TPSA) is 156 Å². The summed E-state index contributed by atoms with van der Waals surface area (Å²) in [6.45, 7) is 7.55. The van der Waals surface area contributed by atoms with Crippen LogP contribution in [0.2, 0.25) is 0 Å². The third kappa shape index (κ3) is 8.60. The molecule has 2 aromatic carbocycles. The third-order valence-corrected chi connectivity index (χ3v) is 10.1. The zero-order valence-corrected chi connectivity index (χ0v) is 30.8. The van der Waals surface area contributed by atoms with Crippen molar-refractivity contribution in [3.63, 3.8) is 0 Å². The van der Waals surface area contributed by atoms with Gasteiger partial charge in [-0.05, 0) is 97.8 Å². The van der Waals surface area contributed by atoms with Gasteiger partial charge in [-0.2, -0.15) is 36.9 Å². The fourth-order valence-corrected chi connectivity index (χ4v) is 6.53. The molecular weight excluding hydrogens is 750 g/mol. The number of benzene rings is 2. The van der Waals surface area contributed by atoms with Gasteiger partial charge in [0, 0.05) is 52.6 Å². The van der Waals surface area contributed by atoms with Crippen LogP contribution in [-0.2, 0) is 13.1 Å². The number of pyridine rings is 2. The van der Waals surface area contributed by atoms with Crippen LogP contribution in [0.3, 0.4) is 0 Å². The van der Waals surface area contributed by atoms with Crippen molar-refractivity contribution >= 4 is 34.6 Å². The summed E-state index contributed by atoms with van der Waals surface area (Å²) in [7, 11) is 0. The van der Waals surface area contributed by atoms with E-state index in [-0.39, 0.29) is 36.1 Å². The molecule has 7 rings (SSSR count). The molecule has 2 unspecified atom stereocenters. The number of nitrogens with one attached hydrogen (secondary N) is 2. The van der Waals surface area contributed by atoms with Gasteiger partial charge >= 0.3 is 12.4 Å². The van der Waals surface area contributed by atoms with Crippen LogP contribution in [0.5, 0.6) is 0 Å². The minimum atomic E-state index is -4.42. The monoisotopic (exact) mass is 782 g/mol. The quantitative estimate of drug-likeness (QED) is 0.187. The first-order valence-corrected chi connectivity index (χ1v) is 17.4. The number of fused-ring (bicyclic) bond motifs is 2. The Morgan fingerprint density at radius 2 is 1.23 bits per heavy atom. The summed E-state index contributed by atoms with van der Waals surface area (Å²) < 4.78 is 76.1. The number of aliphatic imine (C=N–C) groups is 2. The second-order valence-electron chi connectivity index (χ2n) is 13.7. The Labute approximate surface area is 322 Å². The van der Waals surface area contributed by atoms with Crippen LogP contribution in [-0.4, -0.2) is 45.6 Å². The number of hydrogen-bond donors (Lipinski definition) is 2. The van der Waals surface area contributed by atoms with Gasteiger partial charge in [0.15, 0.2) is 0 Å². The summed E-state index contributed by atoms with van der Waals surface area (Å²) in [6, 6.07) is 14.2. The maximum Gasteiger partial charge on any atom is 0.409 e. The van der Waals surface area contributed by atoms with Crippen LogP contribution in [0.25, 0.3) is 0 Å². The van der Waals surface area contributed by atoms with Crippen LogP contribution < -0.4 is 10.6 Å². The van der Waals surface area contributed by atoms with Crippen molar-refractivity contribution in [2.45, 2.75) is 59.6 Å². The number of aromatic nitrogens is 2. The molecule has 0 spiro atoms. The molecule has 57 heavy (non-hydrogen) atoms. The van der Waals surface area contributed by atoms with Crippen molar-refractivity contribution in [2.24, 2.45) is 21.8 Å². The Morgan fingerprint density at radius 3 is 1.70 bits per heavy atom. The van der Waals surface area contributed by atoms with Crippen LogP contribution in [0, 0.1) is 62.2 Å². The van der Waals surface area contributed by atoms with E-state index in [1.54, 1.807) is 64.1 Å². The summed E-state index contributed by atoms with van der Waals surface area (Å²) in [5.74, 6) is -2.84. The average Bonchev–Trinajstić information content (AvgIpc) is 3.71. The number of rotatable bonds is 6. The highest BCUT2D eigenvalue weighted by Crippen LogP contribution is 2.52. The Hall–Kier alpha value is -6.68. The Morgan fingerprint density at radius 1 is 0.737 bits per heavy atom. The minimum absolute atomic E-state index is 0.0615. The molecule has 3 aliphatic rings. The second kappa shape index (κ2) is 15.5. The molecule has 1 fully saturated rings. The number of halogens is 6. The lowest BCUT2D eigenvalue weighted by molar-refractivity contribution is -0.149. The van der Waals surface area contributed by atoms with Gasteiger partial charge in [0.05, 0.1) is 35.8 Å². The fraction of sp³-hybridized carbons (Fsp3) is 0.268. The molecule has 2 N–H and O–H groups in total. The van der Waals surface area contributed by atoms with Crippen molar-refractivity contribution in [1.82, 2.24) is 9.97 Å². The van der Waals surface area contributed by atoms with Crippen LogP contribution in [0.4, 0.5) is 37.7 Å². The summed E-state index contributed by atoms with van der Waals surface area (Å²) >= 11 is 0. The molecule has 10 nitrogen and oxygen atoms in total. The first-order valence-electron chi connectivity index (χ1n) is 17.4. The van der Waals surface area contributed by atoms with Crippen LogP contribution >= 0.6 is 0 Å². The summed E-state index contributed by atoms with van der Waals surface area (Å²) in [4.78, 5) is 41.8. The largest absolute Gasteiger partial charge is 0.409 e. The number of amides is 2. The SMILES string of the molecule is Cc1c(C#N)cnc(C(=O)Nc2ccc3c(c2)C(/C=C/C(F)(F)F)=NC3)c1C.Cc1c(C#N)cnc(C(=O)Nc2ccc3c(c2)C(C2CC2C(F)(F)F)=NC3)c1C. The summed E-state index contributed by atoms with van der Waals surface area (Å²) in [5, 5.41) is 23.6. The number of alkyl halides is 6. The van der Waals surface area contributed by atoms with Crippen molar-refractivity contribution < 1.29 is 35.9 Å². The second-order valence-corrected chi connectivity index (χ2v) is 13.7.